The van der Waals surface area contributed by atoms with Crippen molar-refractivity contribution >= 4 is 0 Å². The van der Waals surface area contributed by atoms with Crippen molar-refractivity contribution in [2.45, 2.75) is 82.5 Å². The average molecular weight is 435 g/mol. The van der Waals surface area contributed by atoms with E-state index in [-0.39, 0.29) is 17.9 Å². The van der Waals surface area contributed by atoms with Crippen LogP contribution in [0.3, 0.4) is 0 Å². The normalized spacial score (nSPS) is 34.4. The van der Waals surface area contributed by atoms with Crippen LogP contribution in [-0.2, 0) is 24.7 Å². The van der Waals surface area contributed by atoms with E-state index in [4.69, 9.17) is 4.74 Å². The summed E-state index contributed by atoms with van der Waals surface area (Å²) in [5.41, 5.74) is 5.93. The molecule has 3 N–H and O–H groups in total. The van der Waals surface area contributed by atoms with Gasteiger partial charge in [-0.2, -0.15) is 0 Å². The zero-order valence-corrected chi connectivity index (χ0v) is 19.4. The number of aromatic nitrogens is 1. The molecular weight excluding hydrogens is 400 g/mol. The highest BCUT2D eigenvalue weighted by Crippen LogP contribution is 2.68. The number of phenolic OH excluding ortho intramolecular Hbond substituents is 1. The van der Waals surface area contributed by atoms with Gasteiger partial charge in [-0.3, -0.25) is 4.90 Å². The molecule has 5 heteroatoms. The van der Waals surface area contributed by atoms with Gasteiger partial charge in [0.05, 0.1) is 16.7 Å². The molecule has 3 heterocycles. The van der Waals surface area contributed by atoms with Crippen LogP contribution in [-0.4, -0.2) is 44.8 Å². The Morgan fingerprint density at radius 1 is 1.28 bits per heavy atom. The number of H-pyrrole nitrogens is 1. The van der Waals surface area contributed by atoms with Crippen molar-refractivity contribution in [3.63, 3.8) is 0 Å². The number of nitrogens with one attached hydrogen (secondary N) is 1. The van der Waals surface area contributed by atoms with E-state index < -0.39 is 11.0 Å². The van der Waals surface area contributed by atoms with Gasteiger partial charge in [0, 0.05) is 30.3 Å². The number of hydrogen-bond acceptors (Lipinski definition) is 4. The number of aromatic amines is 1. The van der Waals surface area contributed by atoms with Crippen LogP contribution in [0.2, 0.25) is 0 Å². The Morgan fingerprint density at radius 2 is 2.09 bits per heavy atom. The molecule has 170 valence electrons. The summed E-state index contributed by atoms with van der Waals surface area (Å²) >= 11 is 0. The van der Waals surface area contributed by atoms with Crippen molar-refractivity contribution in [3.05, 3.63) is 45.8 Å². The first kappa shape index (κ1) is 19.5. The Kier molecular flexibility index (Phi) is 3.73. The second-order valence-corrected chi connectivity index (χ2v) is 11.6. The van der Waals surface area contributed by atoms with Crippen molar-refractivity contribution in [1.29, 1.82) is 0 Å². The van der Waals surface area contributed by atoms with Crippen molar-refractivity contribution in [2.75, 3.05) is 13.1 Å². The minimum atomic E-state index is -0.883. The standard InChI is InChI=1S/C27H34N2O3/c1-14(2)10-19-15(3)18-12-27(31)21-11-17-6-7-20(30)24-22(17)26(27,25(32-24)23(18)28-19)8-9-29(21)13-16-4-5-16/h6-7,14,16,21,25,28,30-31H,4-5,8-13H2,1-3H3/t21?,25-,26?,27+/m0/s1. The third kappa shape index (κ3) is 2.22. The highest BCUT2D eigenvalue weighted by atomic mass is 16.5. The van der Waals surface area contributed by atoms with Gasteiger partial charge in [-0.05, 0) is 80.2 Å². The Balaban J connectivity index is 1.46. The predicted molar refractivity (Wildman–Crippen MR) is 122 cm³/mol. The number of hydrogen-bond donors (Lipinski definition) is 3. The van der Waals surface area contributed by atoms with E-state index in [0.717, 1.165) is 49.5 Å². The Bertz CT molecular complexity index is 1130. The second kappa shape index (κ2) is 6.12. The molecular formula is C27H34N2O3. The molecule has 0 amide bonds. The van der Waals surface area contributed by atoms with Gasteiger partial charge >= 0.3 is 0 Å². The molecule has 1 saturated carbocycles. The molecule has 2 unspecified atom stereocenters. The van der Waals surface area contributed by atoms with Crippen LogP contribution in [0.1, 0.15) is 72.9 Å². The van der Waals surface area contributed by atoms with Crippen LogP contribution < -0.4 is 4.74 Å². The lowest BCUT2D eigenvalue weighted by atomic mass is 9.49. The van der Waals surface area contributed by atoms with Crippen LogP contribution >= 0.6 is 0 Å². The van der Waals surface area contributed by atoms with E-state index in [1.54, 1.807) is 6.07 Å². The molecule has 0 radical (unpaired) electrons. The first-order chi connectivity index (χ1) is 15.3. The van der Waals surface area contributed by atoms with E-state index in [0.29, 0.717) is 18.1 Å². The van der Waals surface area contributed by atoms with Crippen LogP contribution in [0.4, 0.5) is 0 Å². The summed E-state index contributed by atoms with van der Waals surface area (Å²) in [4.78, 5) is 6.35. The van der Waals surface area contributed by atoms with Gasteiger partial charge in [0.1, 0.15) is 0 Å². The van der Waals surface area contributed by atoms with Gasteiger partial charge in [-0.15, -0.1) is 0 Å². The highest BCUT2D eigenvalue weighted by molar-refractivity contribution is 5.65. The largest absolute Gasteiger partial charge is 0.504 e. The predicted octanol–water partition coefficient (Wildman–Crippen LogP) is 3.93. The topological polar surface area (TPSA) is 68.7 Å². The van der Waals surface area contributed by atoms with Gasteiger partial charge in [-0.25, -0.2) is 0 Å². The van der Waals surface area contributed by atoms with Crippen molar-refractivity contribution in [1.82, 2.24) is 9.88 Å². The van der Waals surface area contributed by atoms with Gasteiger partial charge in [0.25, 0.3) is 0 Å². The molecule has 4 atom stereocenters. The molecule has 3 aliphatic carbocycles. The smallest absolute Gasteiger partial charge is 0.166 e. The minimum absolute atomic E-state index is 0.0990. The number of nitrogens with zero attached hydrogens (tertiary/aromatic N) is 1. The molecule has 1 saturated heterocycles. The summed E-state index contributed by atoms with van der Waals surface area (Å²) in [7, 11) is 0. The lowest BCUT2D eigenvalue weighted by molar-refractivity contribution is -0.173. The first-order valence-corrected chi connectivity index (χ1v) is 12.5. The van der Waals surface area contributed by atoms with Gasteiger partial charge in [0.2, 0.25) is 0 Å². The fourth-order valence-corrected chi connectivity index (χ4v) is 7.72. The molecule has 7 rings (SSSR count). The number of ether oxygens (including phenoxy) is 1. The Hall–Kier alpha value is -1.98. The molecule has 1 spiro atoms. The Labute approximate surface area is 189 Å². The zero-order valence-electron chi connectivity index (χ0n) is 19.4. The van der Waals surface area contributed by atoms with Crippen LogP contribution in [0, 0.1) is 18.8 Å². The molecule has 5 nitrogen and oxygen atoms in total. The lowest BCUT2D eigenvalue weighted by Crippen LogP contribution is -2.74. The van der Waals surface area contributed by atoms with E-state index in [9.17, 15) is 10.2 Å². The molecule has 32 heavy (non-hydrogen) atoms. The molecule has 1 aromatic carbocycles. The molecule has 2 aromatic rings. The highest BCUT2D eigenvalue weighted by Gasteiger charge is 2.72. The van der Waals surface area contributed by atoms with Gasteiger partial charge in [-0.1, -0.05) is 19.9 Å². The fraction of sp³-hybridized carbons (Fsp3) is 0.630. The lowest BCUT2D eigenvalue weighted by Gasteiger charge is -2.62. The fourth-order valence-electron chi connectivity index (χ4n) is 7.72. The van der Waals surface area contributed by atoms with Crippen molar-refractivity contribution in [2.24, 2.45) is 11.8 Å². The Morgan fingerprint density at radius 3 is 2.84 bits per heavy atom. The number of rotatable bonds is 4. The number of aromatic hydroxyl groups is 1. The van der Waals surface area contributed by atoms with Crippen LogP contribution in [0.5, 0.6) is 11.5 Å². The maximum atomic E-state index is 12.8. The molecule has 1 aromatic heterocycles. The van der Waals surface area contributed by atoms with Crippen LogP contribution in [0.15, 0.2) is 12.1 Å². The first-order valence-electron chi connectivity index (χ1n) is 12.5. The third-order valence-corrected chi connectivity index (χ3v) is 9.35. The number of piperidine rings is 1. The summed E-state index contributed by atoms with van der Waals surface area (Å²) in [6, 6.07) is 3.97. The zero-order chi connectivity index (χ0) is 22.0. The summed E-state index contributed by atoms with van der Waals surface area (Å²) in [6.07, 6.45) is 5.77. The van der Waals surface area contributed by atoms with Crippen molar-refractivity contribution in [3.8, 4) is 11.5 Å². The minimum Gasteiger partial charge on any atom is -0.504 e. The number of aliphatic hydroxyl groups is 1. The summed E-state index contributed by atoms with van der Waals surface area (Å²) in [6.45, 7) is 8.80. The van der Waals surface area contributed by atoms with Gasteiger partial charge < -0.3 is 19.9 Å². The van der Waals surface area contributed by atoms with E-state index in [1.165, 1.54) is 35.2 Å². The summed E-state index contributed by atoms with van der Waals surface area (Å²) < 4.78 is 6.64. The number of likely N-dealkylation sites (tertiary alicyclic amines) is 1. The molecule has 2 fully saturated rings. The maximum Gasteiger partial charge on any atom is 0.166 e. The number of phenols is 1. The SMILES string of the molecule is Cc1c(CC(C)C)[nH]c2c1C[C@@]1(O)C3Cc4ccc(O)c5c4C1(CCN3CC1CC1)[C@H]2O5. The quantitative estimate of drug-likeness (QED) is 0.682. The molecule has 2 bridgehead atoms. The molecule has 5 aliphatic rings. The van der Waals surface area contributed by atoms with Crippen LogP contribution in [0.25, 0.3) is 0 Å². The van der Waals surface area contributed by atoms with E-state index in [1.807, 2.05) is 0 Å². The van der Waals surface area contributed by atoms with Gasteiger partial charge in [0.15, 0.2) is 17.6 Å². The summed E-state index contributed by atoms with van der Waals surface area (Å²) in [5.74, 6) is 2.18. The summed E-state index contributed by atoms with van der Waals surface area (Å²) in [5, 5.41) is 23.5. The average Bonchev–Trinajstić information content (AvgIpc) is 3.41. The maximum absolute atomic E-state index is 12.8. The van der Waals surface area contributed by atoms with E-state index >= 15 is 0 Å². The number of benzene rings is 1. The second-order valence-electron chi connectivity index (χ2n) is 11.6. The monoisotopic (exact) mass is 434 g/mol. The number of fused-ring (bicyclic) bond motifs is 2. The van der Waals surface area contributed by atoms with E-state index in [2.05, 4.69) is 36.7 Å². The third-order valence-electron chi connectivity index (χ3n) is 9.35. The molecule has 2 aliphatic heterocycles. The van der Waals surface area contributed by atoms with Crippen molar-refractivity contribution < 1.29 is 14.9 Å².